The van der Waals surface area contributed by atoms with Gasteiger partial charge >= 0.3 is 5.69 Å². The summed E-state index contributed by atoms with van der Waals surface area (Å²) in [7, 11) is 0. The SMILES string of the molecule is Cc1cc(C)nc(NNc2ccc([N+](=O)[O-])cc2[N+](=O)[O-])n1. The van der Waals surface area contributed by atoms with Crippen LogP contribution in [0.2, 0.25) is 0 Å². The number of hydrazine groups is 1. The van der Waals surface area contributed by atoms with Gasteiger partial charge < -0.3 is 0 Å². The summed E-state index contributed by atoms with van der Waals surface area (Å²) in [5.41, 5.74) is 5.98. The number of benzene rings is 1. The van der Waals surface area contributed by atoms with Crippen LogP contribution < -0.4 is 10.9 Å². The summed E-state index contributed by atoms with van der Waals surface area (Å²) in [6.45, 7) is 3.57. The summed E-state index contributed by atoms with van der Waals surface area (Å²) >= 11 is 0. The van der Waals surface area contributed by atoms with Gasteiger partial charge in [-0.2, -0.15) is 0 Å². The average molecular weight is 304 g/mol. The van der Waals surface area contributed by atoms with Crippen molar-refractivity contribution in [2.45, 2.75) is 13.8 Å². The van der Waals surface area contributed by atoms with E-state index in [4.69, 9.17) is 0 Å². The van der Waals surface area contributed by atoms with Crippen molar-refractivity contribution in [2.75, 3.05) is 10.9 Å². The minimum absolute atomic E-state index is 0.0679. The summed E-state index contributed by atoms with van der Waals surface area (Å²) in [6.07, 6.45) is 0. The number of nitrogens with one attached hydrogen (secondary N) is 2. The van der Waals surface area contributed by atoms with Crippen LogP contribution in [0.25, 0.3) is 0 Å². The molecule has 0 unspecified atom stereocenters. The van der Waals surface area contributed by atoms with E-state index < -0.39 is 15.5 Å². The third kappa shape index (κ3) is 3.42. The van der Waals surface area contributed by atoms with Crippen molar-refractivity contribution in [1.82, 2.24) is 9.97 Å². The summed E-state index contributed by atoms with van der Waals surface area (Å²) in [5, 5.41) is 21.7. The molecule has 1 heterocycles. The number of aryl methyl sites for hydroxylation is 2. The summed E-state index contributed by atoms with van der Waals surface area (Å²) in [4.78, 5) is 28.5. The fourth-order valence-electron chi connectivity index (χ4n) is 1.80. The molecule has 0 aliphatic carbocycles. The van der Waals surface area contributed by atoms with Crippen molar-refractivity contribution in [3.8, 4) is 0 Å². The quantitative estimate of drug-likeness (QED) is 0.634. The second-order valence-electron chi connectivity index (χ2n) is 4.44. The predicted octanol–water partition coefficient (Wildman–Crippen LogP) is 2.35. The molecule has 0 saturated carbocycles. The van der Waals surface area contributed by atoms with Crippen LogP contribution in [-0.2, 0) is 0 Å². The largest absolute Gasteiger partial charge is 0.300 e. The molecular formula is C12H12N6O4. The maximum atomic E-state index is 11.0. The highest BCUT2D eigenvalue weighted by atomic mass is 16.6. The Hall–Kier alpha value is -3.30. The van der Waals surface area contributed by atoms with E-state index in [0.717, 1.165) is 17.5 Å². The zero-order valence-electron chi connectivity index (χ0n) is 11.7. The number of rotatable bonds is 5. The van der Waals surface area contributed by atoms with Crippen molar-refractivity contribution in [3.05, 3.63) is 55.9 Å². The van der Waals surface area contributed by atoms with Gasteiger partial charge in [-0.05, 0) is 26.0 Å². The maximum Gasteiger partial charge on any atom is 0.300 e. The van der Waals surface area contributed by atoms with Gasteiger partial charge in [0.25, 0.3) is 5.69 Å². The number of nitro benzene ring substituents is 2. The van der Waals surface area contributed by atoms with Crippen molar-refractivity contribution >= 4 is 23.0 Å². The molecule has 0 aliphatic rings. The average Bonchev–Trinajstić information content (AvgIpc) is 2.43. The number of nitro groups is 2. The second kappa shape index (κ2) is 5.99. The van der Waals surface area contributed by atoms with Gasteiger partial charge in [0, 0.05) is 17.5 Å². The molecule has 1 aromatic heterocycles. The molecule has 2 aromatic rings. The molecule has 0 aliphatic heterocycles. The van der Waals surface area contributed by atoms with Crippen LogP contribution in [0.1, 0.15) is 11.4 Å². The van der Waals surface area contributed by atoms with Gasteiger partial charge in [-0.25, -0.2) is 9.97 Å². The van der Waals surface area contributed by atoms with Crippen LogP contribution >= 0.6 is 0 Å². The van der Waals surface area contributed by atoms with Gasteiger partial charge in [-0.3, -0.25) is 31.1 Å². The smallest absolute Gasteiger partial charge is 0.292 e. The molecule has 0 bridgehead atoms. The minimum Gasteiger partial charge on any atom is -0.292 e. The number of hydrogen-bond acceptors (Lipinski definition) is 8. The highest BCUT2D eigenvalue weighted by Crippen LogP contribution is 2.28. The van der Waals surface area contributed by atoms with Crippen LogP contribution in [0.4, 0.5) is 23.0 Å². The molecule has 0 amide bonds. The first kappa shape index (κ1) is 15.1. The highest BCUT2D eigenvalue weighted by Gasteiger charge is 2.19. The van der Waals surface area contributed by atoms with Crippen molar-refractivity contribution < 1.29 is 9.85 Å². The lowest BCUT2D eigenvalue weighted by molar-refractivity contribution is -0.393. The lowest BCUT2D eigenvalue weighted by atomic mass is 10.2. The summed E-state index contributed by atoms with van der Waals surface area (Å²) < 4.78 is 0. The Morgan fingerprint density at radius 2 is 1.59 bits per heavy atom. The Morgan fingerprint density at radius 3 is 2.14 bits per heavy atom. The molecule has 2 N–H and O–H groups in total. The predicted molar refractivity (Wildman–Crippen MR) is 78.5 cm³/mol. The topological polar surface area (TPSA) is 136 Å². The fraction of sp³-hybridized carbons (Fsp3) is 0.167. The second-order valence-corrected chi connectivity index (χ2v) is 4.44. The van der Waals surface area contributed by atoms with Crippen molar-refractivity contribution in [1.29, 1.82) is 0 Å². The lowest BCUT2D eigenvalue weighted by Gasteiger charge is -2.09. The van der Waals surface area contributed by atoms with Gasteiger partial charge in [0.1, 0.15) is 5.69 Å². The minimum atomic E-state index is -0.709. The zero-order chi connectivity index (χ0) is 16.3. The molecular weight excluding hydrogens is 292 g/mol. The molecule has 0 radical (unpaired) electrons. The van der Waals surface area contributed by atoms with Crippen LogP contribution in [0, 0.1) is 34.1 Å². The Labute approximate surface area is 124 Å². The Balaban J connectivity index is 2.25. The molecule has 0 saturated heterocycles. The molecule has 2 rings (SSSR count). The maximum absolute atomic E-state index is 11.0. The Kier molecular flexibility index (Phi) is 4.11. The van der Waals surface area contributed by atoms with E-state index in [2.05, 4.69) is 20.8 Å². The molecule has 10 nitrogen and oxygen atoms in total. The van der Waals surface area contributed by atoms with E-state index in [0.29, 0.717) is 0 Å². The van der Waals surface area contributed by atoms with E-state index >= 15 is 0 Å². The standard InChI is InChI=1S/C12H12N6O4/c1-7-5-8(2)14-12(13-7)16-15-10-4-3-9(17(19)20)6-11(10)18(21)22/h3-6,15H,1-2H3,(H,13,14,16). The molecule has 22 heavy (non-hydrogen) atoms. The van der Waals surface area contributed by atoms with Gasteiger partial charge in [0.05, 0.1) is 15.9 Å². The molecule has 114 valence electrons. The Bertz CT molecular complexity index is 728. The van der Waals surface area contributed by atoms with Crippen LogP contribution in [-0.4, -0.2) is 19.8 Å². The van der Waals surface area contributed by atoms with Gasteiger partial charge in [-0.1, -0.05) is 0 Å². The first-order valence-corrected chi connectivity index (χ1v) is 6.14. The van der Waals surface area contributed by atoms with Gasteiger partial charge in [0.2, 0.25) is 5.95 Å². The van der Waals surface area contributed by atoms with Gasteiger partial charge in [0.15, 0.2) is 0 Å². The summed E-state index contributed by atoms with van der Waals surface area (Å²) in [5.74, 6) is 0.241. The number of hydrogen-bond donors (Lipinski definition) is 2. The Morgan fingerprint density at radius 1 is 0.955 bits per heavy atom. The fourth-order valence-corrected chi connectivity index (χ4v) is 1.80. The van der Waals surface area contributed by atoms with Crippen LogP contribution in [0.3, 0.4) is 0 Å². The monoisotopic (exact) mass is 304 g/mol. The molecule has 0 fully saturated rings. The molecule has 10 heteroatoms. The van der Waals surface area contributed by atoms with Gasteiger partial charge in [-0.15, -0.1) is 0 Å². The van der Waals surface area contributed by atoms with E-state index in [1.165, 1.54) is 12.1 Å². The van der Waals surface area contributed by atoms with Crippen LogP contribution in [0.15, 0.2) is 24.3 Å². The van der Waals surface area contributed by atoms with E-state index in [1.807, 2.05) is 0 Å². The number of nitrogens with zero attached hydrogens (tertiary/aromatic N) is 4. The number of non-ortho nitro benzene ring substituents is 1. The lowest BCUT2D eigenvalue weighted by Crippen LogP contribution is -2.13. The van der Waals surface area contributed by atoms with Crippen molar-refractivity contribution in [3.63, 3.8) is 0 Å². The summed E-state index contributed by atoms with van der Waals surface area (Å²) in [6, 6.07) is 5.07. The molecule has 0 atom stereocenters. The van der Waals surface area contributed by atoms with E-state index in [1.54, 1.807) is 19.9 Å². The highest BCUT2D eigenvalue weighted by molar-refractivity contribution is 5.66. The van der Waals surface area contributed by atoms with E-state index in [-0.39, 0.29) is 17.3 Å². The van der Waals surface area contributed by atoms with Crippen LogP contribution in [0.5, 0.6) is 0 Å². The third-order valence-electron chi connectivity index (χ3n) is 2.68. The van der Waals surface area contributed by atoms with Crippen molar-refractivity contribution in [2.24, 2.45) is 0 Å². The first-order chi connectivity index (χ1) is 10.4. The molecule has 0 spiro atoms. The third-order valence-corrected chi connectivity index (χ3v) is 2.68. The first-order valence-electron chi connectivity index (χ1n) is 6.14. The number of aromatic nitrogens is 2. The number of anilines is 2. The normalized spacial score (nSPS) is 10.1. The zero-order valence-corrected chi connectivity index (χ0v) is 11.7. The molecule has 1 aromatic carbocycles. The van der Waals surface area contributed by atoms with E-state index in [9.17, 15) is 20.2 Å².